The first-order valence-electron chi connectivity index (χ1n) is 8.38. The summed E-state index contributed by atoms with van der Waals surface area (Å²) < 4.78 is 79.5. The number of hydrogen-bond donors (Lipinski definition) is 0. The standard InChI is InChI=1S/C18H18F6N2/c1-11(10-26-7-2-3-8-26)13-9-15(18(22,23)24)25-16-12(13)5-4-6-14(16)17(19,20)21/h4-6,9,11H,2-3,7-8,10H2,1H3. The van der Waals surface area contributed by atoms with E-state index in [2.05, 4.69) is 9.88 Å². The van der Waals surface area contributed by atoms with Gasteiger partial charge < -0.3 is 4.90 Å². The fraction of sp³-hybridized carbons (Fsp3) is 0.500. The highest BCUT2D eigenvalue weighted by molar-refractivity contribution is 5.86. The van der Waals surface area contributed by atoms with E-state index in [1.54, 1.807) is 6.92 Å². The van der Waals surface area contributed by atoms with Crippen molar-refractivity contribution in [3.05, 3.63) is 41.1 Å². The molecule has 26 heavy (non-hydrogen) atoms. The van der Waals surface area contributed by atoms with Crippen LogP contribution in [0.4, 0.5) is 26.3 Å². The number of likely N-dealkylation sites (tertiary alicyclic amines) is 1. The molecule has 0 spiro atoms. The largest absolute Gasteiger partial charge is 0.433 e. The first-order valence-corrected chi connectivity index (χ1v) is 8.38. The van der Waals surface area contributed by atoms with Crippen LogP contribution in [-0.4, -0.2) is 29.5 Å². The molecular weight excluding hydrogens is 358 g/mol. The maximum absolute atomic E-state index is 13.3. The van der Waals surface area contributed by atoms with Crippen LogP contribution in [0.5, 0.6) is 0 Å². The second-order valence-electron chi connectivity index (χ2n) is 6.70. The van der Waals surface area contributed by atoms with E-state index in [-0.39, 0.29) is 16.9 Å². The molecule has 142 valence electrons. The molecule has 1 atom stereocenters. The van der Waals surface area contributed by atoms with Crippen LogP contribution in [0.3, 0.4) is 0 Å². The highest BCUT2D eigenvalue weighted by Crippen LogP contribution is 2.39. The molecule has 0 saturated carbocycles. The van der Waals surface area contributed by atoms with E-state index in [9.17, 15) is 26.3 Å². The molecule has 0 bridgehead atoms. The van der Waals surface area contributed by atoms with Gasteiger partial charge in [-0.15, -0.1) is 0 Å². The van der Waals surface area contributed by atoms with E-state index < -0.39 is 29.1 Å². The van der Waals surface area contributed by atoms with Crippen LogP contribution in [-0.2, 0) is 12.4 Å². The second-order valence-corrected chi connectivity index (χ2v) is 6.70. The van der Waals surface area contributed by atoms with Gasteiger partial charge in [-0.25, -0.2) is 4.98 Å². The van der Waals surface area contributed by atoms with E-state index in [0.29, 0.717) is 6.54 Å². The van der Waals surface area contributed by atoms with Crippen molar-refractivity contribution in [3.63, 3.8) is 0 Å². The van der Waals surface area contributed by atoms with Crippen LogP contribution in [0.15, 0.2) is 24.3 Å². The Morgan fingerprint density at radius 2 is 1.69 bits per heavy atom. The van der Waals surface area contributed by atoms with E-state index in [4.69, 9.17) is 0 Å². The van der Waals surface area contributed by atoms with Crippen LogP contribution < -0.4 is 0 Å². The van der Waals surface area contributed by atoms with Gasteiger partial charge in [0, 0.05) is 11.9 Å². The predicted octanol–water partition coefficient (Wildman–Crippen LogP) is 5.47. The summed E-state index contributed by atoms with van der Waals surface area (Å²) in [5, 5.41) is 0.125. The van der Waals surface area contributed by atoms with Crippen LogP contribution >= 0.6 is 0 Å². The average Bonchev–Trinajstić information content (AvgIpc) is 3.04. The zero-order chi connectivity index (χ0) is 19.1. The summed E-state index contributed by atoms with van der Waals surface area (Å²) in [5.41, 5.74) is -2.82. The molecule has 0 amide bonds. The lowest BCUT2D eigenvalue weighted by Gasteiger charge is -2.23. The van der Waals surface area contributed by atoms with E-state index >= 15 is 0 Å². The molecule has 1 saturated heterocycles. The molecule has 2 heterocycles. The molecule has 3 rings (SSSR count). The lowest BCUT2D eigenvalue weighted by atomic mass is 9.94. The van der Waals surface area contributed by atoms with Gasteiger partial charge in [-0.1, -0.05) is 19.1 Å². The summed E-state index contributed by atoms with van der Waals surface area (Å²) in [5.74, 6) is -0.344. The van der Waals surface area contributed by atoms with Crippen molar-refractivity contribution in [2.75, 3.05) is 19.6 Å². The Hall–Kier alpha value is -1.83. The Morgan fingerprint density at radius 3 is 2.27 bits per heavy atom. The number of nitrogens with zero attached hydrogens (tertiary/aromatic N) is 2. The predicted molar refractivity (Wildman–Crippen MR) is 85.8 cm³/mol. The topological polar surface area (TPSA) is 16.1 Å². The van der Waals surface area contributed by atoms with Crippen molar-refractivity contribution < 1.29 is 26.3 Å². The van der Waals surface area contributed by atoms with Crippen molar-refractivity contribution in [2.24, 2.45) is 0 Å². The van der Waals surface area contributed by atoms with E-state index in [1.165, 1.54) is 12.1 Å². The molecular formula is C18H18F6N2. The molecule has 1 aliphatic heterocycles. The van der Waals surface area contributed by atoms with Gasteiger partial charge in [0.1, 0.15) is 5.69 Å². The fourth-order valence-corrected chi connectivity index (χ4v) is 3.51. The molecule has 1 fully saturated rings. The lowest BCUT2D eigenvalue weighted by molar-refractivity contribution is -0.142. The van der Waals surface area contributed by atoms with Gasteiger partial charge in [-0.05, 0) is 49.5 Å². The van der Waals surface area contributed by atoms with Crippen LogP contribution in [0.25, 0.3) is 10.9 Å². The van der Waals surface area contributed by atoms with Gasteiger partial charge in [-0.3, -0.25) is 0 Å². The van der Waals surface area contributed by atoms with Crippen LogP contribution in [0, 0.1) is 0 Å². The second kappa shape index (κ2) is 6.72. The highest BCUT2D eigenvalue weighted by Gasteiger charge is 2.37. The number of rotatable bonds is 3. The maximum Gasteiger partial charge on any atom is 0.433 e. The number of alkyl halides is 6. The van der Waals surface area contributed by atoms with Gasteiger partial charge in [0.2, 0.25) is 0 Å². The molecule has 2 nitrogen and oxygen atoms in total. The Bertz CT molecular complexity index is 791. The van der Waals surface area contributed by atoms with Crippen LogP contribution in [0.1, 0.15) is 42.5 Å². The smallest absolute Gasteiger partial charge is 0.303 e. The van der Waals surface area contributed by atoms with Gasteiger partial charge in [0.05, 0.1) is 11.1 Å². The number of aromatic nitrogens is 1. The van der Waals surface area contributed by atoms with Crippen molar-refractivity contribution in [2.45, 2.75) is 38.0 Å². The number of halogens is 6. The number of para-hydroxylation sites is 1. The Balaban J connectivity index is 2.16. The molecule has 0 N–H and O–H groups in total. The minimum absolute atomic E-state index is 0.125. The summed E-state index contributed by atoms with van der Waals surface area (Å²) in [6.07, 6.45) is -7.53. The highest BCUT2D eigenvalue weighted by atomic mass is 19.4. The monoisotopic (exact) mass is 376 g/mol. The number of pyridine rings is 1. The third kappa shape index (κ3) is 3.79. The molecule has 1 aromatic carbocycles. The summed E-state index contributed by atoms with van der Waals surface area (Å²) >= 11 is 0. The molecule has 8 heteroatoms. The van der Waals surface area contributed by atoms with E-state index in [0.717, 1.165) is 38.1 Å². The SMILES string of the molecule is CC(CN1CCCC1)c1cc(C(F)(F)F)nc2c(C(F)(F)F)cccc12. The van der Waals surface area contributed by atoms with Crippen molar-refractivity contribution >= 4 is 10.9 Å². The molecule has 1 aliphatic rings. The molecule has 2 aromatic rings. The molecule has 1 unspecified atom stereocenters. The molecule has 1 aromatic heterocycles. The lowest BCUT2D eigenvalue weighted by Crippen LogP contribution is -2.25. The quantitative estimate of drug-likeness (QED) is 0.660. The van der Waals surface area contributed by atoms with Gasteiger partial charge >= 0.3 is 12.4 Å². The number of fused-ring (bicyclic) bond motifs is 1. The van der Waals surface area contributed by atoms with Crippen molar-refractivity contribution in [3.8, 4) is 0 Å². The minimum atomic E-state index is -4.81. The number of hydrogen-bond acceptors (Lipinski definition) is 2. The zero-order valence-electron chi connectivity index (χ0n) is 14.1. The summed E-state index contributed by atoms with van der Waals surface area (Å²) in [6, 6.07) is 4.29. The van der Waals surface area contributed by atoms with Crippen molar-refractivity contribution in [1.82, 2.24) is 9.88 Å². The molecule has 0 aliphatic carbocycles. The van der Waals surface area contributed by atoms with Gasteiger partial charge in [0.15, 0.2) is 0 Å². The summed E-state index contributed by atoms with van der Waals surface area (Å²) in [7, 11) is 0. The maximum atomic E-state index is 13.3. The van der Waals surface area contributed by atoms with Gasteiger partial charge in [-0.2, -0.15) is 26.3 Å². The van der Waals surface area contributed by atoms with Crippen LogP contribution in [0.2, 0.25) is 0 Å². The fourth-order valence-electron chi connectivity index (χ4n) is 3.51. The Morgan fingerprint density at radius 1 is 1.04 bits per heavy atom. The zero-order valence-corrected chi connectivity index (χ0v) is 14.1. The molecule has 0 radical (unpaired) electrons. The van der Waals surface area contributed by atoms with Crippen molar-refractivity contribution in [1.29, 1.82) is 0 Å². The number of benzene rings is 1. The van der Waals surface area contributed by atoms with E-state index in [1.807, 2.05) is 0 Å². The first-order chi connectivity index (χ1) is 12.1. The first kappa shape index (κ1) is 18.9. The third-order valence-corrected chi connectivity index (χ3v) is 4.73. The minimum Gasteiger partial charge on any atom is -0.303 e. The van der Waals surface area contributed by atoms with Gasteiger partial charge in [0.25, 0.3) is 0 Å². The Labute approximate surface area is 146 Å². The third-order valence-electron chi connectivity index (χ3n) is 4.73. The summed E-state index contributed by atoms with van der Waals surface area (Å²) in [6.45, 7) is 3.96. The normalized spacial score (nSPS) is 17.8. The summed E-state index contributed by atoms with van der Waals surface area (Å²) in [4.78, 5) is 5.45. The average molecular weight is 376 g/mol. The Kier molecular flexibility index (Phi) is 4.90.